The first-order valence-electron chi connectivity index (χ1n) is 10.3. The Bertz CT molecular complexity index is 210. The topological polar surface area (TPSA) is 24.1 Å². The maximum absolute atomic E-state index is 3.69. The fourth-order valence-corrected chi connectivity index (χ4v) is 2.47. The quantitative estimate of drug-likeness (QED) is 0.559. The molecule has 1 fully saturated rings. The number of hydrogen-bond donors (Lipinski definition) is 2. The van der Waals surface area contributed by atoms with Crippen LogP contribution in [0.5, 0.6) is 0 Å². The summed E-state index contributed by atoms with van der Waals surface area (Å²) in [6.07, 6.45) is 9.55. The van der Waals surface area contributed by atoms with E-state index in [-0.39, 0.29) is 0 Å². The third-order valence-corrected chi connectivity index (χ3v) is 3.63. The standard InChI is InChI=1S/C15H32N2.C4H10.C2H6/c1-15(2,3)10-6-4-5-7-11-17-14-8-12-16-13-9-14;1-4(2)3;1-2/h14,16-17H,4-13H2,1-3H3;4H,1-3H3;1-2H3. The fourth-order valence-electron chi connectivity index (χ4n) is 2.47. The zero-order valence-corrected chi connectivity index (χ0v) is 17.7. The highest BCUT2D eigenvalue weighted by Crippen LogP contribution is 2.22. The molecule has 0 radical (unpaired) electrons. The molecule has 0 spiro atoms. The van der Waals surface area contributed by atoms with Crippen LogP contribution in [0, 0.1) is 11.3 Å². The van der Waals surface area contributed by atoms with Gasteiger partial charge in [-0.05, 0) is 56.7 Å². The first kappa shape index (κ1) is 25.2. The summed E-state index contributed by atoms with van der Waals surface area (Å²) in [7, 11) is 0. The second kappa shape index (κ2) is 16.8. The Kier molecular flexibility index (Phi) is 18.3. The maximum Gasteiger partial charge on any atom is 0.00912 e. The lowest BCUT2D eigenvalue weighted by Crippen LogP contribution is -2.40. The van der Waals surface area contributed by atoms with Gasteiger partial charge >= 0.3 is 0 Å². The van der Waals surface area contributed by atoms with Crippen molar-refractivity contribution in [2.24, 2.45) is 11.3 Å². The Morgan fingerprint density at radius 2 is 1.39 bits per heavy atom. The van der Waals surface area contributed by atoms with Gasteiger partial charge in [0.05, 0.1) is 0 Å². The first-order chi connectivity index (χ1) is 10.8. The van der Waals surface area contributed by atoms with Crippen LogP contribution < -0.4 is 10.6 Å². The van der Waals surface area contributed by atoms with Crippen LogP contribution in [-0.2, 0) is 0 Å². The van der Waals surface area contributed by atoms with Crippen LogP contribution in [0.4, 0.5) is 0 Å². The van der Waals surface area contributed by atoms with Crippen molar-refractivity contribution in [3.63, 3.8) is 0 Å². The minimum Gasteiger partial charge on any atom is -0.317 e. The van der Waals surface area contributed by atoms with Crippen LogP contribution in [-0.4, -0.2) is 25.7 Å². The number of rotatable bonds is 7. The van der Waals surface area contributed by atoms with Crippen molar-refractivity contribution in [2.75, 3.05) is 19.6 Å². The van der Waals surface area contributed by atoms with Crippen molar-refractivity contribution in [1.82, 2.24) is 10.6 Å². The normalized spacial score (nSPS) is 15.5. The molecule has 0 aliphatic carbocycles. The van der Waals surface area contributed by atoms with E-state index in [9.17, 15) is 0 Å². The van der Waals surface area contributed by atoms with Gasteiger partial charge in [-0.25, -0.2) is 0 Å². The van der Waals surface area contributed by atoms with Crippen molar-refractivity contribution >= 4 is 0 Å². The number of piperidine rings is 1. The highest BCUT2D eigenvalue weighted by molar-refractivity contribution is 4.73. The smallest absolute Gasteiger partial charge is 0.00912 e. The minimum absolute atomic E-state index is 0.521. The van der Waals surface area contributed by atoms with Gasteiger partial charge in [0.1, 0.15) is 0 Å². The molecule has 0 saturated carbocycles. The van der Waals surface area contributed by atoms with Gasteiger partial charge in [0.15, 0.2) is 0 Å². The second-order valence-electron chi connectivity index (χ2n) is 8.44. The molecule has 1 rings (SSSR count). The molecule has 1 saturated heterocycles. The highest BCUT2D eigenvalue weighted by Gasteiger charge is 2.11. The average Bonchev–Trinajstić information content (AvgIpc) is 2.48. The lowest BCUT2D eigenvalue weighted by Gasteiger charge is -2.23. The molecule has 1 aliphatic heterocycles. The molecule has 2 heteroatoms. The Hall–Kier alpha value is -0.0800. The van der Waals surface area contributed by atoms with Gasteiger partial charge in [-0.2, -0.15) is 0 Å². The Morgan fingerprint density at radius 3 is 1.87 bits per heavy atom. The SMILES string of the molecule is CC.CC(C)(C)CCCCCCNC1CCNCC1.CC(C)C. The lowest BCUT2D eigenvalue weighted by molar-refractivity contribution is 0.353. The van der Waals surface area contributed by atoms with Crippen LogP contribution in [0.1, 0.15) is 100 Å². The fraction of sp³-hybridized carbons (Fsp3) is 1.00. The number of hydrogen-bond acceptors (Lipinski definition) is 2. The molecule has 0 bridgehead atoms. The van der Waals surface area contributed by atoms with Crippen LogP contribution in [0.2, 0.25) is 0 Å². The first-order valence-corrected chi connectivity index (χ1v) is 10.3. The van der Waals surface area contributed by atoms with Gasteiger partial charge < -0.3 is 10.6 Å². The van der Waals surface area contributed by atoms with Gasteiger partial charge in [-0.15, -0.1) is 0 Å². The summed E-state index contributed by atoms with van der Waals surface area (Å²) in [6, 6.07) is 0.783. The van der Waals surface area contributed by atoms with Gasteiger partial charge in [0.25, 0.3) is 0 Å². The lowest BCUT2D eigenvalue weighted by atomic mass is 9.89. The largest absolute Gasteiger partial charge is 0.317 e. The van der Waals surface area contributed by atoms with E-state index >= 15 is 0 Å². The molecule has 0 aromatic carbocycles. The highest BCUT2D eigenvalue weighted by atomic mass is 15.0. The zero-order valence-electron chi connectivity index (χ0n) is 17.7. The van der Waals surface area contributed by atoms with Crippen LogP contribution in [0.3, 0.4) is 0 Å². The Morgan fingerprint density at radius 1 is 0.913 bits per heavy atom. The molecular weight excluding hydrogens is 280 g/mol. The van der Waals surface area contributed by atoms with E-state index in [1.54, 1.807) is 0 Å². The van der Waals surface area contributed by atoms with E-state index in [2.05, 4.69) is 52.2 Å². The average molecular weight is 329 g/mol. The third kappa shape index (κ3) is 24.3. The molecule has 23 heavy (non-hydrogen) atoms. The molecule has 0 aromatic heterocycles. The van der Waals surface area contributed by atoms with E-state index in [0.29, 0.717) is 5.41 Å². The van der Waals surface area contributed by atoms with E-state index in [1.165, 1.54) is 64.6 Å². The van der Waals surface area contributed by atoms with Crippen molar-refractivity contribution in [3.05, 3.63) is 0 Å². The molecule has 0 aromatic rings. The van der Waals surface area contributed by atoms with E-state index < -0.39 is 0 Å². The van der Waals surface area contributed by atoms with Crippen LogP contribution in [0.25, 0.3) is 0 Å². The molecular formula is C21H48N2. The van der Waals surface area contributed by atoms with Gasteiger partial charge in [0, 0.05) is 6.04 Å². The van der Waals surface area contributed by atoms with Crippen LogP contribution >= 0.6 is 0 Å². The minimum atomic E-state index is 0.521. The number of nitrogens with one attached hydrogen (secondary N) is 2. The van der Waals surface area contributed by atoms with Gasteiger partial charge in [-0.3, -0.25) is 0 Å². The molecule has 0 unspecified atom stereocenters. The molecule has 1 heterocycles. The second-order valence-corrected chi connectivity index (χ2v) is 8.44. The summed E-state index contributed by atoms with van der Waals surface area (Å²) in [6.45, 7) is 21.1. The van der Waals surface area contributed by atoms with Crippen molar-refractivity contribution in [1.29, 1.82) is 0 Å². The van der Waals surface area contributed by atoms with Gasteiger partial charge in [-0.1, -0.05) is 74.7 Å². The summed E-state index contributed by atoms with van der Waals surface area (Å²) >= 11 is 0. The molecule has 0 atom stereocenters. The zero-order chi connectivity index (χ0) is 18.1. The molecule has 2 nitrogen and oxygen atoms in total. The predicted molar refractivity (Wildman–Crippen MR) is 108 cm³/mol. The van der Waals surface area contributed by atoms with E-state index in [0.717, 1.165) is 12.0 Å². The summed E-state index contributed by atoms with van der Waals surface area (Å²) in [5, 5.41) is 7.10. The summed E-state index contributed by atoms with van der Waals surface area (Å²) in [5.41, 5.74) is 0.521. The van der Waals surface area contributed by atoms with Crippen molar-refractivity contribution in [3.8, 4) is 0 Å². The van der Waals surface area contributed by atoms with Gasteiger partial charge in [0.2, 0.25) is 0 Å². The van der Waals surface area contributed by atoms with Crippen molar-refractivity contribution in [2.45, 2.75) is 106 Å². The maximum atomic E-state index is 3.69. The summed E-state index contributed by atoms with van der Waals surface area (Å²) in [5.74, 6) is 0.833. The van der Waals surface area contributed by atoms with E-state index in [1.807, 2.05) is 13.8 Å². The van der Waals surface area contributed by atoms with Crippen molar-refractivity contribution < 1.29 is 0 Å². The summed E-state index contributed by atoms with van der Waals surface area (Å²) in [4.78, 5) is 0. The van der Waals surface area contributed by atoms with E-state index in [4.69, 9.17) is 0 Å². The molecule has 1 aliphatic rings. The Balaban J connectivity index is 0. The summed E-state index contributed by atoms with van der Waals surface area (Å²) < 4.78 is 0. The number of unbranched alkanes of at least 4 members (excludes halogenated alkanes) is 3. The molecule has 142 valence electrons. The molecule has 2 N–H and O–H groups in total. The molecule has 0 amide bonds. The monoisotopic (exact) mass is 328 g/mol. The third-order valence-electron chi connectivity index (χ3n) is 3.63. The predicted octanol–water partition coefficient (Wildman–Crippen LogP) is 6.01. The Labute approximate surface area is 148 Å². The van der Waals surface area contributed by atoms with Crippen LogP contribution in [0.15, 0.2) is 0 Å².